The summed E-state index contributed by atoms with van der Waals surface area (Å²) in [5, 5.41) is 0. The highest BCUT2D eigenvalue weighted by Gasteiger charge is 2.20. The Morgan fingerprint density at radius 1 is 1.39 bits per heavy atom. The lowest BCUT2D eigenvalue weighted by Crippen LogP contribution is -2.46. The number of hydrazine groups is 1. The monoisotopic (exact) mass is 254 g/mol. The Morgan fingerprint density at radius 3 is 2.61 bits per heavy atom. The van der Waals surface area contributed by atoms with Gasteiger partial charge in [0.2, 0.25) is 0 Å². The summed E-state index contributed by atoms with van der Waals surface area (Å²) in [6.07, 6.45) is 1.70. The molecule has 0 saturated carbocycles. The molecule has 18 heavy (non-hydrogen) atoms. The van der Waals surface area contributed by atoms with Crippen LogP contribution < -0.4 is 11.3 Å². The molecule has 0 amide bonds. The normalized spacial score (nSPS) is 14.5. The summed E-state index contributed by atoms with van der Waals surface area (Å²) < 4.78 is 18.7. The van der Waals surface area contributed by atoms with Gasteiger partial charge in [-0.05, 0) is 49.9 Å². The number of ether oxygens (including phenoxy) is 1. The van der Waals surface area contributed by atoms with Crippen LogP contribution in [0.15, 0.2) is 18.2 Å². The summed E-state index contributed by atoms with van der Waals surface area (Å²) >= 11 is 0. The third-order valence-electron chi connectivity index (χ3n) is 3.19. The predicted octanol–water partition coefficient (Wildman–Crippen LogP) is 2.32. The number of hydrogen-bond donors (Lipinski definition) is 2. The fourth-order valence-corrected chi connectivity index (χ4v) is 2.16. The average molecular weight is 254 g/mol. The molecule has 1 aromatic rings. The highest BCUT2D eigenvalue weighted by Crippen LogP contribution is 2.15. The standard InChI is InChI=1S/C14H23FN2O/c1-4-14(18-5-2)13(17-16)9-11-6-7-12(15)8-10(11)3/h6-8,13-14,17H,4-5,9,16H2,1-3H3. The van der Waals surface area contributed by atoms with Crippen LogP contribution in [0.3, 0.4) is 0 Å². The van der Waals surface area contributed by atoms with E-state index >= 15 is 0 Å². The SMILES string of the molecule is CCOC(CC)C(Cc1ccc(F)cc1C)NN. The van der Waals surface area contributed by atoms with Gasteiger partial charge in [0, 0.05) is 6.61 Å². The predicted molar refractivity (Wildman–Crippen MR) is 71.7 cm³/mol. The van der Waals surface area contributed by atoms with E-state index in [1.807, 2.05) is 19.9 Å². The van der Waals surface area contributed by atoms with Crippen molar-refractivity contribution in [3.05, 3.63) is 35.1 Å². The van der Waals surface area contributed by atoms with Crippen LogP contribution in [0, 0.1) is 12.7 Å². The zero-order valence-corrected chi connectivity index (χ0v) is 11.4. The summed E-state index contributed by atoms with van der Waals surface area (Å²) in [6, 6.07) is 4.88. The average Bonchev–Trinajstić information content (AvgIpc) is 2.36. The fourth-order valence-electron chi connectivity index (χ4n) is 2.16. The van der Waals surface area contributed by atoms with Gasteiger partial charge in [0.15, 0.2) is 0 Å². The number of hydrogen-bond acceptors (Lipinski definition) is 3. The third-order valence-corrected chi connectivity index (χ3v) is 3.19. The van der Waals surface area contributed by atoms with Gasteiger partial charge in [-0.2, -0.15) is 0 Å². The number of nitrogens with two attached hydrogens (primary N) is 1. The van der Waals surface area contributed by atoms with Crippen LogP contribution in [0.1, 0.15) is 31.4 Å². The van der Waals surface area contributed by atoms with E-state index in [4.69, 9.17) is 10.6 Å². The smallest absolute Gasteiger partial charge is 0.123 e. The van der Waals surface area contributed by atoms with Crippen LogP contribution in [0.2, 0.25) is 0 Å². The molecule has 3 nitrogen and oxygen atoms in total. The fraction of sp³-hybridized carbons (Fsp3) is 0.571. The summed E-state index contributed by atoms with van der Waals surface area (Å²) in [5.74, 6) is 5.40. The van der Waals surface area contributed by atoms with Gasteiger partial charge in [-0.1, -0.05) is 13.0 Å². The van der Waals surface area contributed by atoms with Crippen LogP contribution in [0.4, 0.5) is 4.39 Å². The molecule has 1 aromatic carbocycles. The lowest BCUT2D eigenvalue weighted by molar-refractivity contribution is 0.0319. The second-order valence-corrected chi connectivity index (χ2v) is 4.45. The van der Waals surface area contributed by atoms with Crippen LogP contribution in [0.25, 0.3) is 0 Å². The summed E-state index contributed by atoms with van der Waals surface area (Å²) in [4.78, 5) is 0. The Bertz CT molecular complexity index is 371. The highest BCUT2D eigenvalue weighted by molar-refractivity contribution is 5.27. The first-order chi connectivity index (χ1) is 8.62. The van der Waals surface area contributed by atoms with E-state index in [0.29, 0.717) is 6.61 Å². The molecule has 0 aliphatic heterocycles. The van der Waals surface area contributed by atoms with E-state index < -0.39 is 0 Å². The van der Waals surface area contributed by atoms with Gasteiger partial charge in [-0.3, -0.25) is 11.3 Å². The Kier molecular flexibility index (Phi) is 6.25. The van der Waals surface area contributed by atoms with Crippen molar-refractivity contribution in [2.75, 3.05) is 6.61 Å². The second-order valence-electron chi connectivity index (χ2n) is 4.45. The summed E-state index contributed by atoms with van der Waals surface area (Å²) in [7, 11) is 0. The molecule has 0 radical (unpaired) electrons. The number of aryl methyl sites for hydroxylation is 1. The molecule has 0 heterocycles. The molecule has 2 atom stereocenters. The van der Waals surface area contributed by atoms with E-state index in [2.05, 4.69) is 12.3 Å². The van der Waals surface area contributed by atoms with Gasteiger partial charge in [-0.25, -0.2) is 4.39 Å². The molecular weight excluding hydrogens is 231 g/mol. The van der Waals surface area contributed by atoms with Crippen molar-refractivity contribution in [3.8, 4) is 0 Å². The third kappa shape index (κ3) is 4.05. The number of benzene rings is 1. The largest absolute Gasteiger partial charge is 0.377 e. The lowest BCUT2D eigenvalue weighted by Gasteiger charge is -2.26. The van der Waals surface area contributed by atoms with Crippen molar-refractivity contribution in [1.82, 2.24) is 5.43 Å². The van der Waals surface area contributed by atoms with E-state index in [0.717, 1.165) is 24.0 Å². The molecule has 3 N–H and O–H groups in total. The van der Waals surface area contributed by atoms with Crippen molar-refractivity contribution in [2.45, 2.75) is 45.8 Å². The molecule has 0 bridgehead atoms. The molecule has 4 heteroatoms. The Hall–Kier alpha value is -0.970. The number of halogens is 1. The molecule has 0 aliphatic carbocycles. The van der Waals surface area contributed by atoms with Gasteiger partial charge in [-0.15, -0.1) is 0 Å². The van der Waals surface area contributed by atoms with E-state index in [-0.39, 0.29) is 18.0 Å². The number of rotatable bonds is 7. The quantitative estimate of drug-likeness (QED) is 0.580. The minimum absolute atomic E-state index is 0.0408. The molecular formula is C14H23FN2O. The zero-order valence-electron chi connectivity index (χ0n) is 11.4. The second kappa shape index (κ2) is 7.46. The summed E-state index contributed by atoms with van der Waals surface area (Å²) in [5.41, 5.74) is 4.85. The molecule has 0 saturated heterocycles. The van der Waals surface area contributed by atoms with Gasteiger partial charge in [0.25, 0.3) is 0 Å². The first kappa shape index (κ1) is 15.1. The van der Waals surface area contributed by atoms with Crippen molar-refractivity contribution >= 4 is 0 Å². The van der Waals surface area contributed by atoms with E-state index in [1.54, 1.807) is 6.07 Å². The Morgan fingerprint density at radius 2 is 2.11 bits per heavy atom. The maximum Gasteiger partial charge on any atom is 0.123 e. The molecule has 102 valence electrons. The van der Waals surface area contributed by atoms with Crippen LogP contribution >= 0.6 is 0 Å². The van der Waals surface area contributed by atoms with Crippen LogP contribution in [-0.2, 0) is 11.2 Å². The molecule has 1 rings (SSSR count). The maximum atomic E-state index is 13.0. The lowest BCUT2D eigenvalue weighted by atomic mass is 9.97. The van der Waals surface area contributed by atoms with E-state index in [9.17, 15) is 4.39 Å². The summed E-state index contributed by atoms with van der Waals surface area (Å²) in [6.45, 7) is 6.62. The molecule has 0 aromatic heterocycles. The number of nitrogens with one attached hydrogen (secondary N) is 1. The van der Waals surface area contributed by atoms with Gasteiger partial charge < -0.3 is 4.74 Å². The minimum atomic E-state index is -0.203. The first-order valence-corrected chi connectivity index (χ1v) is 6.45. The molecule has 2 unspecified atom stereocenters. The Labute approximate surface area is 108 Å². The topological polar surface area (TPSA) is 47.3 Å². The van der Waals surface area contributed by atoms with Crippen molar-refractivity contribution < 1.29 is 9.13 Å². The van der Waals surface area contributed by atoms with Crippen LogP contribution in [-0.4, -0.2) is 18.8 Å². The molecule has 0 fully saturated rings. The molecule has 0 spiro atoms. The van der Waals surface area contributed by atoms with Crippen molar-refractivity contribution in [2.24, 2.45) is 5.84 Å². The zero-order chi connectivity index (χ0) is 13.5. The van der Waals surface area contributed by atoms with Gasteiger partial charge >= 0.3 is 0 Å². The van der Waals surface area contributed by atoms with Gasteiger partial charge in [0.05, 0.1) is 12.1 Å². The molecule has 0 aliphatic rings. The minimum Gasteiger partial charge on any atom is -0.377 e. The van der Waals surface area contributed by atoms with Crippen molar-refractivity contribution in [3.63, 3.8) is 0 Å². The van der Waals surface area contributed by atoms with E-state index in [1.165, 1.54) is 6.07 Å². The maximum absolute atomic E-state index is 13.0. The first-order valence-electron chi connectivity index (χ1n) is 6.45. The Balaban J connectivity index is 2.78. The van der Waals surface area contributed by atoms with Crippen LogP contribution in [0.5, 0.6) is 0 Å². The highest BCUT2D eigenvalue weighted by atomic mass is 19.1. The van der Waals surface area contributed by atoms with Gasteiger partial charge in [0.1, 0.15) is 5.82 Å². The van der Waals surface area contributed by atoms with Crippen molar-refractivity contribution in [1.29, 1.82) is 0 Å².